The Morgan fingerprint density at radius 1 is 1.26 bits per heavy atom. The monoisotopic (exact) mass is 281 g/mol. The minimum Gasteiger partial charge on any atom is -0.396 e. The number of halogens is 1. The van der Waals surface area contributed by atoms with Crippen LogP contribution in [0, 0.1) is 5.82 Å². The van der Waals surface area contributed by atoms with Gasteiger partial charge in [-0.25, -0.2) is 17.8 Å². The number of nitrogen functional groups attached to an aromatic ring is 1. The van der Waals surface area contributed by atoms with Crippen molar-refractivity contribution in [3.63, 3.8) is 0 Å². The fourth-order valence-corrected chi connectivity index (χ4v) is 2.65. The zero-order chi connectivity index (χ0) is 14.0. The van der Waals surface area contributed by atoms with Gasteiger partial charge in [0.05, 0.1) is 10.6 Å². The maximum atomic E-state index is 13.4. The van der Waals surface area contributed by atoms with E-state index in [-0.39, 0.29) is 16.4 Å². The smallest absolute Gasteiger partial charge is 0.265 e. The standard InChI is InChI=1S/C12H12FN3O2S/c1-16(12-4-2-3-7-15-12)19(17,18)9-5-6-11(14)10(13)8-9/h2-8H,14H2,1H3. The van der Waals surface area contributed by atoms with Crippen LogP contribution >= 0.6 is 0 Å². The summed E-state index contributed by atoms with van der Waals surface area (Å²) < 4.78 is 38.9. The second-order valence-corrected chi connectivity index (χ2v) is 5.81. The molecule has 0 fully saturated rings. The minimum absolute atomic E-state index is 0.0977. The molecule has 5 nitrogen and oxygen atoms in total. The van der Waals surface area contributed by atoms with E-state index in [1.165, 1.54) is 25.4 Å². The van der Waals surface area contributed by atoms with Crippen molar-refractivity contribution in [1.82, 2.24) is 4.98 Å². The molecule has 100 valence electrons. The van der Waals surface area contributed by atoms with Crippen LogP contribution in [-0.2, 0) is 10.0 Å². The third kappa shape index (κ3) is 2.50. The molecule has 2 N–H and O–H groups in total. The van der Waals surface area contributed by atoms with Gasteiger partial charge in [-0.05, 0) is 30.3 Å². The third-order valence-electron chi connectivity index (χ3n) is 2.60. The number of benzene rings is 1. The molecule has 0 unspecified atom stereocenters. The molecule has 1 aromatic carbocycles. The Labute approximate surface area is 110 Å². The lowest BCUT2D eigenvalue weighted by Crippen LogP contribution is -2.27. The van der Waals surface area contributed by atoms with Crippen LogP contribution in [0.3, 0.4) is 0 Å². The van der Waals surface area contributed by atoms with E-state index in [2.05, 4.69) is 4.98 Å². The number of nitrogens with two attached hydrogens (primary N) is 1. The van der Waals surface area contributed by atoms with Crippen molar-refractivity contribution in [2.45, 2.75) is 4.90 Å². The van der Waals surface area contributed by atoms with Gasteiger partial charge >= 0.3 is 0 Å². The van der Waals surface area contributed by atoms with Crippen molar-refractivity contribution in [2.75, 3.05) is 17.1 Å². The Morgan fingerprint density at radius 3 is 2.58 bits per heavy atom. The zero-order valence-electron chi connectivity index (χ0n) is 10.1. The lowest BCUT2D eigenvalue weighted by molar-refractivity contribution is 0.589. The molecule has 0 aliphatic carbocycles. The molecule has 0 aliphatic rings. The molecule has 2 aromatic rings. The van der Waals surface area contributed by atoms with E-state index in [4.69, 9.17) is 5.73 Å². The Balaban J connectivity index is 2.45. The van der Waals surface area contributed by atoms with Gasteiger partial charge in [-0.3, -0.25) is 4.31 Å². The number of hydrogen-bond acceptors (Lipinski definition) is 4. The lowest BCUT2D eigenvalue weighted by atomic mass is 10.3. The summed E-state index contributed by atoms with van der Waals surface area (Å²) >= 11 is 0. The van der Waals surface area contributed by atoms with Crippen LogP contribution in [0.15, 0.2) is 47.5 Å². The molecule has 7 heteroatoms. The summed E-state index contributed by atoms with van der Waals surface area (Å²) in [4.78, 5) is 3.76. The fourth-order valence-electron chi connectivity index (χ4n) is 1.49. The van der Waals surface area contributed by atoms with Crippen LogP contribution in [0.1, 0.15) is 0 Å². The molecule has 0 saturated carbocycles. The van der Waals surface area contributed by atoms with Gasteiger partial charge in [0.25, 0.3) is 10.0 Å². The van der Waals surface area contributed by atoms with Gasteiger partial charge in [0.2, 0.25) is 0 Å². The van der Waals surface area contributed by atoms with Crippen molar-refractivity contribution < 1.29 is 12.8 Å². The second-order valence-electron chi connectivity index (χ2n) is 3.84. The predicted molar refractivity (Wildman–Crippen MR) is 70.6 cm³/mol. The fraction of sp³-hybridized carbons (Fsp3) is 0.0833. The van der Waals surface area contributed by atoms with Crippen LogP contribution in [0.4, 0.5) is 15.9 Å². The lowest BCUT2D eigenvalue weighted by Gasteiger charge is -2.18. The van der Waals surface area contributed by atoms with Crippen LogP contribution in [0.2, 0.25) is 0 Å². The largest absolute Gasteiger partial charge is 0.396 e. The summed E-state index contributed by atoms with van der Waals surface area (Å²) in [7, 11) is -2.50. The van der Waals surface area contributed by atoms with Crippen LogP contribution < -0.4 is 10.0 Å². The van der Waals surface area contributed by atoms with Crippen molar-refractivity contribution in [1.29, 1.82) is 0 Å². The highest BCUT2D eigenvalue weighted by molar-refractivity contribution is 7.92. The van der Waals surface area contributed by atoms with Crippen molar-refractivity contribution in [2.24, 2.45) is 0 Å². The zero-order valence-corrected chi connectivity index (χ0v) is 10.9. The molecule has 1 heterocycles. The number of hydrogen-bond donors (Lipinski definition) is 1. The van der Waals surface area contributed by atoms with E-state index in [0.717, 1.165) is 10.4 Å². The molecular formula is C12H12FN3O2S. The molecule has 0 spiro atoms. The minimum atomic E-state index is -3.86. The van der Waals surface area contributed by atoms with E-state index in [1.807, 2.05) is 0 Å². The first kappa shape index (κ1) is 13.3. The molecule has 0 bridgehead atoms. The van der Waals surface area contributed by atoms with Gasteiger partial charge < -0.3 is 5.73 Å². The maximum absolute atomic E-state index is 13.4. The number of aromatic nitrogens is 1. The Kier molecular flexibility index (Phi) is 3.39. The van der Waals surface area contributed by atoms with E-state index in [9.17, 15) is 12.8 Å². The van der Waals surface area contributed by atoms with Crippen LogP contribution in [-0.4, -0.2) is 20.4 Å². The normalized spacial score (nSPS) is 11.3. The highest BCUT2D eigenvalue weighted by Crippen LogP contribution is 2.22. The molecule has 0 radical (unpaired) electrons. The number of nitrogens with zero attached hydrogens (tertiary/aromatic N) is 2. The Morgan fingerprint density at radius 2 is 2.00 bits per heavy atom. The van der Waals surface area contributed by atoms with Gasteiger partial charge in [0, 0.05) is 13.2 Å². The molecule has 19 heavy (non-hydrogen) atoms. The quantitative estimate of drug-likeness (QED) is 0.867. The summed E-state index contributed by atoms with van der Waals surface area (Å²) in [5.41, 5.74) is 5.23. The average Bonchev–Trinajstić information content (AvgIpc) is 2.41. The number of rotatable bonds is 3. The molecular weight excluding hydrogens is 269 g/mol. The summed E-state index contributed by atoms with van der Waals surface area (Å²) in [6.45, 7) is 0. The SMILES string of the molecule is CN(c1ccccn1)S(=O)(=O)c1ccc(N)c(F)c1. The summed E-state index contributed by atoms with van der Waals surface area (Å²) in [6, 6.07) is 8.25. The first-order valence-corrected chi connectivity index (χ1v) is 6.82. The Bertz CT molecular complexity index is 689. The van der Waals surface area contributed by atoms with E-state index < -0.39 is 15.8 Å². The van der Waals surface area contributed by atoms with E-state index in [0.29, 0.717) is 0 Å². The molecule has 1 aromatic heterocycles. The first-order chi connectivity index (χ1) is 8.93. The van der Waals surface area contributed by atoms with Gasteiger partial charge in [0.15, 0.2) is 0 Å². The predicted octanol–water partition coefficient (Wildman–Crippen LogP) is 1.63. The maximum Gasteiger partial charge on any atom is 0.265 e. The van der Waals surface area contributed by atoms with Crippen molar-refractivity contribution in [3.8, 4) is 0 Å². The summed E-state index contributed by atoms with van der Waals surface area (Å²) in [5, 5.41) is 0. The molecule has 0 aliphatic heterocycles. The van der Waals surface area contributed by atoms with Gasteiger partial charge in [-0.1, -0.05) is 6.07 Å². The first-order valence-electron chi connectivity index (χ1n) is 5.38. The van der Waals surface area contributed by atoms with Crippen molar-refractivity contribution in [3.05, 3.63) is 48.4 Å². The molecule has 0 saturated heterocycles. The van der Waals surface area contributed by atoms with E-state index in [1.54, 1.807) is 18.2 Å². The van der Waals surface area contributed by atoms with E-state index >= 15 is 0 Å². The molecule has 0 amide bonds. The van der Waals surface area contributed by atoms with Gasteiger partial charge in [0.1, 0.15) is 11.6 Å². The van der Waals surface area contributed by atoms with Gasteiger partial charge in [-0.2, -0.15) is 0 Å². The number of sulfonamides is 1. The van der Waals surface area contributed by atoms with Crippen LogP contribution in [0.5, 0.6) is 0 Å². The average molecular weight is 281 g/mol. The molecule has 2 rings (SSSR count). The number of pyridine rings is 1. The third-order valence-corrected chi connectivity index (χ3v) is 4.36. The number of anilines is 2. The van der Waals surface area contributed by atoms with Crippen molar-refractivity contribution >= 4 is 21.5 Å². The summed E-state index contributed by atoms with van der Waals surface area (Å²) in [6.07, 6.45) is 1.48. The Hall–Kier alpha value is -2.15. The highest BCUT2D eigenvalue weighted by atomic mass is 32.2. The van der Waals surface area contributed by atoms with Gasteiger partial charge in [-0.15, -0.1) is 0 Å². The highest BCUT2D eigenvalue weighted by Gasteiger charge is 2.22. The van der Waals surface area contributed by atoms with Crippen LogP contribution in [0.25, 0.3) is 0 Å². The summed E-state index contributed by atoms with van der Waals surface area (Å²) in [5.74, 6) is -0.518. The molecule has 0 atom stereocenters. The second kappa shape index (κ2) is 4.85. The topological polar surface area (TPSA) is 76.3 Å².